The first-order valence-corrected chi connectivity index (χ1v) is 4.07. The van der Waals surface area contributed by atoms with Gasteiger partial charge in [0.15, 0.2) is 5.03 Å². The summed E-state index contributed by atoms with van der Waals surface area (Å²) < 4.78 is 0. The SMILES string of the molecule is O=C(O)CSc1ncc[nH]c1=O. The zero-order valence-corrected chi connectivity index (χ0v) is 6.80. The Labute approximate surface area is 71.8 Å². The number of aromatic nitrogens is 2. The molecule has 64 valence electrons. The van der Waals surface area contributed by atoms with Crippen LogP contribution in [0.3, 0.4) is 0 Å². The van der Waals surface area contributed by atoms with Crippen LogP contribution in [-0.2, 0) is 4.79 Å². The van der Waals surface area contributed by atoms with Gasteiger partial charge in [0.05, 0.1) is 5.75 Å². The van der Waals surface area contributed by atoms with Crippen LogP contribution in [0.25, 0.3) is 0 Å². The number of hydrogen-bond acceptors (Lipinski definition) is 4. The Kier molecular flexibility index (Phi) is 2.87. The summed E-state index contributed by atoms with van der Waals surface area (Å²) in [5, 5.41) is 8.49. The lowest BCUT2D eigenvalue weighted by Crippen LogP contribution is -2.10. The number of hydrogen-bond donors (Lipinski definition) is 2. The smallest absolute Gasteiger partial charge is 0.313 e. The minimum atomic E-state index is -0.968. The summed E-state index contributed by atoms with van der Waals surface area (Å²) in [4.78, 5) is 27.1. The molecule has 0 bridgehead atoms. The molecular weight excluding hydrogens is 180 g/mol. The highest BCUT2D eigenvalue weighted by Crippen LogP contribution is 2.07. The van der Waals surface area contributed by atoms with Gasteiger partial charge in [0, 0.05) is 12.4 Å². The Hall–Kier alpha value is -1.30. The lowest BCUT2D eigenvalue weighted by Gasteiger charge is -1.93. The van der Waals surface area contributed by atoms with Crippen LogP contribution in [0.5, 0.6) is 0 Å². The minimum absolute atomic E-state index is 0.153. The molecule has 1 rings (SSSR count). The number of H-pyrrole nitrogens is 1. The van der Waals surface area contributed by atoms with E-state index >= 15 is 0 Å². The maximum absolute atomic E-state index is 10.9. The second-order valence-corrected chi connectivity index (χ2v) is 2.87. The number of nitrogens with zero attached hydrogens (tertiary/aromatic N) is 1. The fraction of sp³-hybridized carbons (Fsp3) is 0.167. The zero-order chi connectivity index (χ0) is 8.97. The van der Waals surface area contributed by atoms with Gasteiger partial charge in [-0.2, -0.15) is 0 Å². The number of rotatable bonds is 3. The minimum Gasteiger partial charge on any atom is -0.481 e. The second kappa shape index (κ2) is 3.91. The summed E-state index contributed by atoms with van der Waals surface area (Å²) >= 11 is 0.901. The fourth-order valence-corrected chi connectivity index (χ4v) is 1.16. The van der Waals surface area contributed by atoms with Crippen LogP contribution in [0.4, 0.5) is 0 Å². The molecule has 1 heterocycles. The summed E-state index contributed by atoms with van der Waals surface area (Å²) in [5.74, 6) is -1.12. The highest BCUT2D eigenvalue weighted by molar-refractivity contribution is 7.99. The lowest BCUT2D eigenvalue weighted by atomic mass is 10.7. The number of aromatic amines is 1. The number of carboxylic acid groups (broad SMARTS) is 1. The largest absolute Gasteiger partial charge is 0.481 e. The van der Waals surface area contributed by atoms with Crippen LogP contribution in [0, 0.1) is 0 Å². The first-order chi connectivity index (χ1) is 5.70. The fourth-order valence-electron chi connectivity index (χ4n) is 0.571. The third kappa shape index (κ3) is 2.39. The van der Waals surface area contributed by atoms with Gasteiger partial charge >= 0.3 is 5.97 Å². The first-order valence-electron chi connectivity index (χ1n) is 3.08. The molecule has 1 aromatic rings. The molecule has 0 fully saturated rings. The number of aliphatic carboxylic acids is 1. The van der Waals surface area contributed by atoms with E-state index in [1.807, 2.05) is 0 Å². The van der Waals surface area contributed by atoms with Gasteiger partial charge in [0.25, 0.3) is 5.56 Å². The number of carboxylic acids is 1. The van der Waals surface area contributed by atoms with Crippen LogP contribution in [0.15, 0.2) is 22.2 Å². The average molecular weight is 186 g/mol. The van der Waals surface area contributed by atoms with Crippen molar-refractivity contribution >= 4 is 17.7 Å². The van der Waals surface area contributed by atoms with E-state index in [1.54, 1.807) is 0 Å². The molecule has 2 N–H and O–H groups in total. The molecule has 0 unspecified atom stereocenters. The normalized spacial score (nSPS) is 9.67. The molecule has 0 aromatic carbocycles. The second-order valence-electron chi connectivity index (χ2n) is 1.91. The van der Waals surface area contributed by atoms with E-state index in [0.29, 0.717) is 0 Å². The molecule has 0 amide bonds. The van der Waals surface area contributed by atoms with Crippen molar-refractivity contribution in [3.8, 4) is 0 Å². The maximum atomic E-state index is 10.9. The molecule has 0 aliphatic rings. The molecule has 6 heteroatoms. The molecular formula is C6H6N2O3S. The third-order valence-electron chi connectivity index (χ3n) is 1.01. The summed E-state index contributed by atoms with van der Waals surface area (Å²) in [7, 11) is 0. The van der Waals surface area contributed by atoms with Crippen molar-refractivity contribution in [3.05, 3.63) is 22.7 Å². The van der Waals surface area contributed by atoms with E-state index in [4.69, 9.17) is 5.11 Å². The maximum Gasteiger partial charge on any atom is 0.313 e. The standard InChI is InChI=1S/C6H6N2O3S/c9-4(10)3-12-6-5(11)7-1-2-8-6/h1-2H,3H2,(H,7,11)(H,9,10). The monoisotopic (exact) mass is 186 g/mol. The predicted molar refractivity (Wildman–Crippen MR) is 43.2 cm³/mol. The lowest BCUT2D eigenvalue weighted by molar-refractivity contribution is -0.133. The van der Waals surface area contributed by atoms with Gasteiger partial charge in [-0.1, -0.05) is 11.8 Å². The summed E-state index contributed by atoms with van der Waals surface area (Å²) in [6.07, 6.45) is 2.80. The molecule has 0 radical (unpaired) electrons. The molecule has 5 nitrogen and oxygen atoms in total. The Morgan fingerprint density at radius 2 is 2.50 bits per heavy atom. The molecule has 0 aliphatic heterocycles. The Balaban J connectivity index is 2.70. The topological polar surface area (TPSA) is 83.0 Å². The first kappa shape index (κ1) is 8.79. The van der Waals surface area contributed by atoms with Gasteiger partial charge < -0.3 is 10.1 Å². The van der Waals surface area contributed by atoms with Crippen LogP contribution in [0.2, 0.25) is 0 Å². The van der Waals surface area contributed by atoms with Crippen molar-refractivity contribution in [1.29, 1.82) is 0 Å². The van der Waals surface area contributed by atoms with Crippen molar-refractivity contribution in [2.75, 3.05) is 5.75 Å². The van der Waals surface area contributed by atoms with Gasteiger partial charge in [-0.15, -0.1) is 0 Å². The molecule has 1 aromatic heterocycles. The summed E-state index contributed by atoms with van der Waals surface area (Å²) in [6.45, 7) is 0. The van der Waals surface area contributed by atoms with Crippen LogP contribution < -0.4 is 5.56 Å². The molecule has 0 saturated heterocycles. The zero-order valence-electron chi connectivity index (χ0n) is 5.98. The van der Waals surface area contributed by atoms with E-state index in [2.05, 4.69) is 9.97 Å². The number of thioether (sulfide) groups is 1. The molecule has 0 atom stereocenters. The van der Waals surface area contributed by atoms with E-state index in [-0.39, 0.29) is 16.3 Å². The van der Waals surface area contributed by atoms with E-state index in [9.17, 15) is 9.59 Å². The summed E-state index contributed by atoms with van der Waals surface area (Å²) in [6, 6.07) is 0. The number of carbonyl (C=O) groups is 1. The van der Waals surface area contributed by atoms with E-state index in [0.717, 1.165) is 11.8 Å². The van der Waals surface area contributed by atoms with Gasteiger partial charge in [-0.3, -0.25) is 9.59 Å². The highest BCUT2D eigenvalue weighted by atomic mass is 32.2. The molecule has 12 heavy (non-hydrogen) atoms. The Morgan fingerprint density at radius 3 is 3.08 bits per heavy atom. The van der Waals surface area contributed by atoms with E-state index in [1.165, 1.54) is 12.4 Å². The van der Waals surface area contributed by atoms with Crippen LogP contribution in [0.1, 0.15) is 0 Å². The van der Waals surface area contributed by atoms with Crippen molar-refractivity contribution in [1.82, 2.24) is 9.97 Å². The van der Waals surface area contributed by atoms with Gasteiger partial charge in [0.1, 0.15) is 0 Å². The molecule has 0 saturated carbocycles. The summed E-state index contributed by atoms with van der Waals surface area (Å²) in [5.41, 5.74) is -0.358. The third-order valence-corrected chi connectivity index (χ3v) is 1.96. The van der Waals surface area contributed by atoms with Crippen molar-refractivity contribution in [3.63, 3.8) is 0 Å². The van der Waals surface area contributed by atoms with Crippen molar-refractivity contribution in [2.24, 2.45) is 0 Å². The Bertz CT molecular complexity index is 336. The highest BCUT2D eigenvalue weighted by Gasteiger charge is 2.03. The molecule has 0 aliphatic carbocycles. The van der Waals surface area contributed by atoms with Gasteiger partial charge in [-0.05, 0) is 0 Å². The predicted octanol–water partition coefficient (Wildman–Crippen LogP) is -0.0534. The Morgan fingerprint density at radius 1 is 1.75 bits per heavy atom. The number of nitrogens with one attached hydrogen (secondary N) is 1. The molecule has 0 spiro atoms. The van der Waals surface area contributed by atoms with Crippen LogP contribution in [-0.4, -0.2) is 26.8 Å². The van der Waals surface area contributed by atoms with Gasteiger partial charge in [0.2, 0.25) is 0 Å². The van der Waals surface area contributed by atoms with Crippen LogP contribution >= 0.6 is 11.8 Å². The van der Waals surface area contributed by atoms with Crippen molar-refractivity contribution < 1.29 is 9.90 Å². The quantitative estimate of drug-likeness (QED) is 0.646. The average Bonchev–Trinajstić information content (AvgIpc) is 2.03. The van der Waals surface area contributed by atoms with Gasteiger partial charge in [-0.25, -0.2) is 4.98 Å². The van der Waals surface area contributed by atoms with E-state index < -0.39 is 5.97 Å². The van der Waals surface area contributed by atoms with Crippen molar-refractivity contribution in [2.45, 2.75) is 5.03 Å².